The van der Waals surface area contributed by atoms with E-state index in [2.05, 4.69) is 35.9 Å². The van der Waals surface area contributed by atoms with Crippen LogP contribution in [0, 0.1) is 0 Å². The van der Waals surface area contributed by atoms with Gasteiger partial charge >= 0.3 is 5.97 Å². The third kappa shape index (κ3) is 8.98. The van der Waals surface area contributed by atoms with Crippen molar-refractivity contribution in [2.45, 2.75) is 75.3 Å². The van der Waals surface area contributed by atoms with Gasteiger partial charge in [-0.2, -0.15) is 0 Å². The first-order chi connectivity index (χ1) is 22.0. The summed E-state index contributed by atoms with van der Waals surface area (Å²) in [5.74, 6) is -3.90. The fourth-order valence-electron chi connectivity index (χ4n) is 5.21. The van der Waals surface area contributed by atoms with Gasteiger partial charge < -0.3 is 46.8 Å². The Balaban J connectivity index is 1.50. The van der Waals surface area contributed by atoms with Crippen molar-refractivity contribution in [1.82, 2.24) is 40.8 Å². The molecule has 1 fully saturated rings. The number of nitrogens with zero attached hydrogens (tertiary/aromatic N) is 3. The predicted molar refractivity (Wildman–Crippen MR) is 163 cm³/mol. The minimum Gasteiger partial charge on any atom is -0.480 e. The SMILES string of the molecule is C[C@@H](O)[C@H](N)C(=O)N[C@@H](Cc1c[nH]cn1)C(=O)N1CCC[C@H]1C(=O)N[C@@H](Cc1c[nH]cn1)C(=O)N[C@@H](Cc1ccccc1)C(=O)O. The number of hydrogen-bond acceptors (Lipinski definition) is 9. The van der Waals surface area contributed by atoms with E-state index >= 15 is 0 Å². The van der Waals surface area contributed by atoms with Crippen molar-refractivity contribution in [2.75, 3.05) is 6.54 Å². The number of nitrogens with one attached hydrogen (secondary N) is 5. The number of carbonyl (C=O) groups is 5. The van der Waals surface area contributed by atoms with E-state index in [0.29, 0.717) is 23.4 Å². The number of imidazole rings is 2. The quantitative estimate of drug-likeness (QED) is 0.0948. The van der Waals surface area contributed by atoms with E-state index < -0.39 is 65.9 Å². The van der Waals surface area contributed by atoms with E-state index in [9.17, 15) is 34.2 Å². The molecule has 1 aromatic carbocycles. The molecule has 1 aliphatic rings. The van der Waals surface area contributed by atoms with E-state index in [-0.39, 0.29) is 32.2 Å². The number of carbonyl (C=O) groups excluding carboxylic acids is 4. The van der Waals surface area contributed by atoms with Crippen molar-refractivity contribution in [1.29, 1.82) is 0 Å². The van der Waals surface area contributed by atoms with Crippen LogP contribution in [0.5, 0.6) is 0 Å². The summed E-state index contributed by atoms with van der Waals surface area (Å²) in [4.78, 5) is 80.9. The van der Waals surface area contributed by atoms with Crippen LogP contribution in [-0.4, -0.2) is 108 Å². The van der Waals surface area contributed by atoms with Gasteiger partial charge in [-0.1, -0.05) is 30.3 Å². The van der Waals surface area contributed by atoms with Crippen LogP contribution in [0.25, 0.3) is 0 Å². The second-order valence-electron chi connectivity index (χ2n) is 11.2. The number of nitrogens with two attached hydrogens (primary N) is 1. The smallest absolute Gasteiger partial charge is 0.326 e. The van der Waals surface area contributed by atoms with Gasteiger partial charge in [0.1, 0.15) is 30.2 Å². The summed E-state index contributed by atoms with van der Waals surface area (Å²) < 4.78 is 0. The number of aromatic amines is 2. The Bertz CT molecular complexity index is 1460. The second kappa shape index (κ2) is 15.8. The van der Waals surface area contributed by atoms with Crippen LogP contribution in [0.1, 0.15) is 36.7 Å². The van der Waals surface area contributed by atoms with E-state index in [1.807, 2.05) is 0 Å². The number of likely N-dealkylation sites (tertiary alicyclic amines) is 1. The van der Waals surface area contributed by atoms with Crippen LogP contribution >= 0.6 is 0 Å². The van der Waals surface area contributed by atoms with Crippen molar-refractivity contribution in [3.05, 3.63) is 72.3 Å². The highest BCUT2D eigenvalue weighted by Crippen LogP contribution is 2.20. The van der Waals surface area contributed by atoms with Crippen LogP contribution in [-0.2, 0) is 43.2 Å². The average molecular weight is 638 g/mol. The number of rotatable bonds is 15. The highest BCUT2D eigenvalue weighted by Gasteiger charge is 2.40. The van der Waals surface area contributed by atoms with Crippen molar-refractivity contribution >= 4 is 29.6 Å². The first kappa shape index (κ1) is 33.8. The largest absolute Gasteiger partial charge is 0.480 e. The maximum absolute atomic E-state index is 13.8. The number of aliphatic hydroxyl groups is 1. The molecule has 0 radical (unpaired) electrons. The van der Waals surface area contributed by atoms with Crippen LogP contribution in [0.3, 0.4) is 0 Å². The fourth-order valence-corrected chi connectivity index (χ4v) is 5.21. The highest BCUT2D eigenvalue weighted by atomic mass is 16.4. The molecule has 0 saturated carbocycles. The van der Waals surface area contributed by atoms with Crippen molar-refractivity contribution in [3.63, 3.8) is 0 Å². The normalized spacial score (nSPS) is 17.7. The third-order valence-corrected chi connectivity index (χ3v) is 7.74. The first-order valence-corrected chi connectivity index (χ1v) is 14.9. The van der Waals surface area contributed by atoms with Gasteiger partial charge in [0.15, 0.2) is 0 Å². The Morgan fingerprint density at radius 2 is 1.52 bits per heavy atom. The van der Waals surface area contributed by atoms with Gasteiger partial charge in [-0.25, -0.2) is 14.8 Å². The molecular formula is C30H39N9O7. The number of carboxylic acid groups (broad SMARTS) is 1. The summed E-state index contributed by atoms with van der Waals surface area (Å²) in [5, 5.41) is 27.4. The Morgan fingerprint density at radius 1 is 0.913 bits per heavy atom. The molecule has 0 bridgehead atoms. The molecule has 1 saturated heterocycles. The molecule has 0 spiro atoms. The summed E-state index contributed by atoms with van der Waals surface area (Å²) in [5.41, 5.74) is 7.42. The third-order valence-electron chi connectivity index (χ3n) is 7.74. The van der Waals surface area contributed by atoms with Gasteiger partial charge in [0, 0.05) is 38.2 Å². The van der Waals surface area contributed by atoms with Crippen LogP contribution < -0.4 is 21.7 Å². The number of carboxylic acids is 1. The summed E-state index contributed by atoms with van der Waals surface area (Å²) in [6, 6.07) is 2.92. The molecule has 4 amide bonds. The molecule has 4 rings (SSSR count). The Hall–Kier alpha value is -5.09. The molecule has 1 aliphatic heterocycles. The standard InChI is InChI=1S/C30H39N9O7/c1-17(40)25(31)28(43)37-22(12-20-14-33-16-35-20)29(44)39-9-5-8-24(39)27(42)36-21(11-19-13-32-15-34-19)26(41)38-23(30(45)46)10-18-6-3-2-4-7-18/h2-4,6-7,13-17,21-25,40H,5,8-12,31H2,1H3,(H,32,34)(H,33,35)(H,36,42)(H,37,43)(H,38,41)(H,45,46)/t17-,21+,22+,23+,24+,25+/m1/s1. The van der Waals surface area contributed by atoms with E-state index in [1.165, 1.54) is 24.5 Å². The highest BCUT2D eigenvalue weighted by molar-refractivity contribution is 5.96. The van der Waals surface area contributed by atoms with Gasteiger partial charge in [-0.15, -0.1) is 0 Å². The van der Waals surface area contributed by atoms with Crippen LogP contribution in [0.15, 0.2) is 55.4 Å². The Kier molecular flexibility index (Phi) is 11.6. The molecule has 46 heavy (non-hydrogen) atoms. The van der Waals surface area contributed by atoms with E-state index in [4.69, 9.17) is 5.73 Å². The van der Waals surface area contributed by atoms with Crippen LogP contribution in [0.4, 0.5) is 0 Å². The fraction of sp³-hybridized carbons (Fsp3) is 0.433. The summed E-state index contributed by atoms with van der Waals surface area (Å²) in [7, 11) is 0. The van der Waals surface area contributed by atoms with Crippen LogP contribution in [0.2, 0.25) is 0 Å². The number of H-pyrrole nitrogens is 2. The van der Waals surface area contributed by atoms with E-state index in [0.717, 1.165) is 0 Å². The predicted octanol–water partition coefficient (Wildman–Crippen LogP) is -1.60. The molecule has 2 aromatic heterocycles. The number of aromatic nitrogens is 4. The number of hydrogen-bond donors (Lipinski definition) is 8. The van der Waals surface area contributed by atoms with Gasteiger partial charge in [-0.05, 0) is 25.3 Å². The van der Waals surface area contributed by atoms with Gasteiger partial charge in [0.2, 0.25) is 23.6 Å². The average Bonchev–Trinajstić information content (AvgIpc) is 3.83. The zero-order valence-electron chi connectivity index (χ0n) is 25.3. The lowest BCUT2D eigenvalue weighted by Crippen LogP contribution is -2.59. The Morgan fingerprint density at radius 3 is 2.09 bits per heavy atom. The first-order valence-electron chi connectivity index (χ1n) is 14.9. The minimum absolute atomic E-state index is 0.00633. The monoisotopic (exact) mass is 637 g/mol. The second-order valence-corrected chi connectivity index (χ2v) is 11.2. The molecule has 16 nitrogen and oxygen atoms in total. The zero-order chi connectivity index (χ0) is 33.2. The lowest BCUT2D eigenvalue weighted by atomic mass is 10.0. The maximum Gasteiger partial charge on any atom is 0.326 e. The number of aliphatic hydroxyl groups excluding tert-OH is 1. The molecule has 0 aliphatic carbocycles. The molecule has 16 heteroatoms. The van der Waals surface area contributed by atoms with Gasteiger partial charge in [-0.3, -0.25) is 19.2 Å². The lowest BCUT2D eigenvalue weighted by molar-refractivity contribution is -0.143. The maximum atomic E-state index is 13.8. The van der Waals surface area contributed by atoms with Gasteiger partial charge in [0.25, 0.3) is 0 Å². The van der Waals surface area contributed by atoms with Gasteiger partial charge in [0.05, 0.1) is 30.1 Å². The van der Waals surface area contributed by atoms with Crippen molar-refractivity contribution in [3.8, 4) is 0 Å². The summed E-state index contributed by atoms with van der Waals surface area (Å²) in [6.07, 6.45) is 5.52. The van der Waals surface area contributed by atoms with Crippen molar-refractivity contribution in [2.24, 2.45) is 5.73 Å². The zero-order valence-corrected chi connectivity index (χ0v) is 25.3. The molecule has 0 unspecified atom stereocenters. The minimum atomic E-state index is -1.29. The molecule has 6 atom stereocenters. The molecular weight excluding hydrogens is 598 g/mol. The van der Waals surface area contributed by atoms with E-state index in [1.54, 1.807) is 42.7 Å². The summed E-state index contributed by atoms with van der Waals surface area (Å²) >= 11 is 0. The summed E-state index contributed by atoms with van der Waals surface area (Å²) in [6.45, 7) is 1.56. The number of aliphatic carboxylic acids is 1. The molecule has 3 aromatic rings. The lowest BCUT2D eigenvalue weighted by Gasteiger charge is -2.30. The molecule has 9 N–H and O–H groups in total. The van der Waals surface area contributed by atoms with Crippen molar-refractivity contribution < 1.29 is 34.2 Å². The topological polar surface area (TPSA) is 249 Å². The Labute approximate surface area is 264 Å². The number of amides is 4. The molecule has 246 valence electrons. The molecule has 3 heterocycles. The number of benzene rings is 1.